The highest BCUT2D eigenvalue weighted by molar-refractivity contribution is 5.98. The van der Waals surface area contributed by atoms with Gasteiger partial charge in [-0.1, -0.05) is 60.6 Å². The maximum atomic E-state index is 13.7. The number of rotatable bonds is 27. The highest BCUT2D eigenvalue weighted by atomic mass is 16.6. The van der Waals surface area contributed by atoms with E-state index in [0.29, 0.717) is 43.5 Å². The number of benzene rings is 1. The second-order valence-corrected chi connectivity index (χ2v) is 18.1. The second-order valence-electron chi connectivity index (χ2n) is 18.1. The third-order valence-corrected chi connectivity index (χ3v) is 10.8. The van der Waals surface area contributed by atoms with Crippen molar-refractivity contribution in [3.8, 4) is 0 Å². The van der Waals surface area contributed by atoms with Crippen LogP contribution >= 0.6 is 0 Å². The Labute approximate surface area is 374 Å². The first-order chi connectivity index (χ1) is 29.2. The lowest BCUT2D eigenvalue weighted by Crippen LogP contribution is -2.55. The van der Waals surface area contributed by atoms with Crippen LogP contribution in [0, 0.1) is 17.8 Å². The number of carbonyl (C=O) groups is 8. The van der Waals surface area contributed by atoms with Crippen molar-refractivity contribution in [1.82, 2.24) is 31.5 Å². The largest absolute Gasteiger partial charge is 0.445 e. The average molecular weight is 889 g/mol. The first-order valence-electron chi connectivity index (χ1n) is 21.9. The number of ether oxygens (including phenoxy) is 2. The van der Waals surface area contributed by atoms with Gasteiger partial charge in [0.15, 0.2) is 5.78 Å². The molecule has 5 atom stereocenters. The van der Waals surface area contributed by atoms with Crippen LogP contribution in [0.25, 0.3) is 0 Å². The van der Waals surface area contributed by atoms with E-state index in [9.17, 15) is 38.4 Å². The van der Waals surface area contributed by atoms with Gasteiger partial charge in [-0.3, -0.25) is 33.7 Å². The molecule has 0 heterocycles. The fraction of sp³-hybridized carbons (Fsp3) is 0.689. The Morgan fingerprint density at radius 3 is 1.89 bits per heavy atom. The molecule has 18 heteroatoms. The molecule has 356 valence electrons. The molecule has 0 saturated heterocycles. The summed E-state index contributed by atoms with van der Waals surface area (Å²) in [6.07, 6.45) is 1.36. The number of amides is 8. The zero-order chi connectivity index (χ0) is 48.2. The van der Waals surface area contributed by atoms with E-state index >= 15 is 0 Å². The van der Waals surface area contributed by atoms with Crippen LogP contribution in [0.3, 0.4) is 0 Å². The van der Waals surface area contributed by atoms with Crippen LogP contribution in [0.15, 0.2) is 24.3 Å². The van der Waals surface area contributed by atoms with E-state index in [1.165, 1.54) is 25.8 Å². The van der Waals surface area contributed by atoms with E-state index in [-0.39, 0.29) is 61.3 Å². The predicted molar refractivity (Wildman–Crippen MR) is 241 cm³/mol. The summed E-state index contributed by atoms with van der Waals surface area (Å²) in [5.74, 6) is -2.99. The molecular weight excluding hydrogens is 813 g/mol. The summed E-state index contributed by atoms with van der Waals surface area (Å²) in [6, 6.07) is 2.16. The van der Waals surface area contributed by atoms with Crippen LogP contribution in [0.2, 0.25) is 0 Å². The molecule has 0 spiro atoms. The lowest BCUT2D eigenvalue weighted by atomic mass is 9.95. The van der Waals surface area contributed by atoms with Crippen molar-refractivity contribution in [1.29, 1.82) is 0 Å². The van der Waals surface area contributed by atoms with Crippen molar-refractivity contribution in [2.45, 2.75) is 164 Å². The number of nitrogens with zero attached hydrogens (tertiary/aromatic N) is 1. The summed E-state index contributed by atoms with van der Waals surface area (Å²) >= 11 is 0. The Bertz CT molecular complexity index is 1700. The molecule has 63 heavy (non-hydrogen) atoms. The molecule has 0 aliphatic rings. The van der Waals surface area contributed by atoms with Gasteiger partial charge in [0.25, 0.3) is 0 Å². The van der Waals surface area contributed by atoms with Gasteiger partial charge in [-0.25, -0.2) is 9.59 Å². The van der Waals surface area contributed by atoms with Gasteiger partial charge in [0.2, 0.25) is 29.5 Å². The van der Waals surface area contributed by atoms with Gasteiger partial charge < -0.3 is 47.1 Å². The molecule has 18 nitrogen and oxygen atoms in total. The van der Waals surface area contributed by atoms with Crippen molar-refractivity contribution < 1.29 is 47.8 Å². The summed E-state index contributed by atoms with van der Waals surface area (Å²) in [5.41, 5.74) is 5.11. The van der Waals surface area contributed by atoms with E-state index in [1.54, 1.807) is 52.0 Å². The Hall–Kier alpha value is -5.26. The molecular formula is C45H76N8O10. The van der Waals surface area contributed by atoms with Gasteiger partial charge in [0, 0.05) is 44.8 Å². The van der Waals surface area contributed by atoms with Gasteiger partial charge in [-0.15, -0.1) is 0 Å². The molecule has 1 aromatic rings. The number of ketones is 1. The second kappa shape index (κ2) is 26.4. The SMILES string of the molecule is CCC(C)(CCC(=O)NC(C(=O)NC(CCCNC(N)=O)C(=O)Nc1ccc(COC(=O)N(C)C(C(=O)NC(C(C)=O)C(C)C)C(C)C)cc1)C(C)C)OCCC(C)(C)NC(C)=O. The highest BCUT2D eigenvalue weighted by Gasteiger charge is 2.34. The maximum Gasteiger partial charge on any atom is 0.410 e. The van der Waals surface area contributed by atoms with Gasteiger partial charge >= 0.3 is 12.1 Å². The van der Waals surface area contributed by atoms with Crippen molar-refractivity contribution in [3.05, 3.63) is 29.8 Å². The maximum absolute atomic E-state index is 13.7. The number of nitrogens with one attached hydrogen (secondary N) is 6. The minimum Gasteiger partial charge on any atom is -0.445 e. The standard InChI is InChI=1S/C45H76N8O10/c1-14-45(12,63-25-23-44(10,11)52-31(9)55)22-21-35(56)50-37(28(4)5)40(58)49-34(16-15-24-47-42(46)60)39(57)48-33-19-17-32(18-20-33)26-62-43(61)53(13)38(29(6)7)41(59)51-36(27(2)3)30(8)54/h17-20,27-29,34,36-38H,14-16,21-26H2,1-13H3,(H,48,57)(H,49,58)(H,50,56)(H,51,59)(H,52,55)(H3,46,47,60). The van der Waals surface area contributed by atoms with Crippen LogP contribution < -0.4 is 37.6 Å². The average Bonchev–Trinajstić information content (AvgIpc) is 3.17. The summed E-state index contributed by atoms with van der Waals surface area (Å²) < 4.78 is 11.7. The van der Waals surface area contributed by atoms with Crippen LogP contribution in [-0.2, 0) is 44.8 Å². The number of hydrogen-bond donors (Lipinski definition) is 7. The Morgan fingerprint density at radius 1 is 0.778 bits per heavy atom. The van der Waals surface area contributed by atoms with Crippen LogP contribution in [0.1, 0.15) is 127 Å². The molecule has 1 aromatic carbocycles. The monoisotopic (exact) mass is 889 g/mol. The number of anilines is 1. The zero-order valence-electron chi connectivity index (χ0n) is 39.8. The van der Waals surface area contributed by atoms with E-state index in [2.05, 4.69) is 31.9 Å². The molecule has 0 saturated carbocycles. The number of hydrogen-bond acceptors (Lipinski definition) is 10. The molecule has 0 aromatic heterocycles. The summed E-state index contributed by atoms with van der Waals surface area (Å²) in [4.78, 5) is 103. The molecule has 0 radical (unpaired) electrons. The highest BCUT2D eigenvalue weighted by Crippen LogP contribution is 2.24. The number of urea groups is 1. The molecule has 0 aliphatic carbocycles. The van der Waals surface area contributed by atoms with Gasteiger partial charge in [0.1, 0.15) is 24.7 Å². The Kier molecular flexibility index (Phi) is 23.4. The fourth-order valence-corrected chi connectivity index (χ4v) is 6.83. The third kappa shape index (κ3) is 20.6. The summed E-state index contributed by atoms with van der Waals surface area (Å²) in [7, 11) is 1.46. The normalized spacial score (nSPS) is 14.3. The molecule has 5 unspecified atom stereocenters. The van der Waals surface area contributed by atoms with Crippen LogP contribution in [0.5, 0.6) is 0 Å². The first kappa shape index (κ1) is 55.8. The predicted octanol–water partition coefficient (Wildman–Crippen LogP) is 4.29. The molecule has 8 N–H and O–H groups in total. The van der Waals surface area contributed by atoms with E-state index in [0.717, 1.165) is 0 Å². The van der Waals surface area contributed by atoms with Gasteiger partial charge in [0.05, 0.1) is 11.6 Å². The molecule has 0 aliphatic heterocycles. The van der Waals surface area contributed by atoms with E-state index < -0.39 is 65.2 Å². The van der Waals surface area contributed by atoms with Gasteiger partial charge in [-0.05, 0) is 95.2 Å². The Morgan fingerprint density at radius 2 is 1.38 bits per heavy atom. The van der Waals surface area contributed by atoms with Crippen molar-refractivity contribution in [2.24, 2.45) is 23.5 Å². The Balaban J connectivity index is 3.00. The number of primary amides is 1. The third-order valence-electron chi connectivity index (χ3n) is 10.8. The minimum atomic E-state index is -1.06. The summed E-state index contributed by atoms with van der Waals surface area (Å²) in [6.45, 7) is 21.8. The zero-order valence-corrected chi connectivity index (χ0v) is 39.8. The quantitative estimate of drug-likeness (QED) is 0.0617. The van der Waals surface area contributed by atoms with Crippen molar-refractivity contribution >= 4 is 53.1 Å². The van der Waals surface area contributed by atoms with Crippen LogP contribution in [-0.4, -0.2) is 108 Å². The van der Waals surface area contributed by atoms with E-state index in [4.69, 9.17) is 15.2 Å². The molecule has 0 fully saturated rings. The molecule has 8 amide bonds. The minimum absolute atomic E-state index is 0.0845. The molecule has 1 rings (SSSR count). The lowest BCUT2D eigenvalue weighted by Gasteiger charge is -2.32. The fourth-order valence-electron chi connectivity index (χ4n) is 6.83. The summed E-state index contributed by atoms with van der Waals surface area (Å²) in [5, 5.41) is 16.5. The number of likely N-dealkylation sites (N-methyl/N-ethyl adjacent to an activating group) is 1. The number of carbonyl (C=O) groups excluding carboxylic acids is 8. The topological polar surface area (TPSA) is 256 Å². The number of Topliss-reactive ketones (excluding diaryl/α,β-unsaturated/α-hetero) is 1. The number of nitrogens with two attached hydrogens (primary N) is 1. The van der Waals surface area contributed by atoms with Crippen molar-refractivity contribution in [3.63, 3.8) is 0 Å². The van der Waals surface area contributed by atoms with Gasteiger partial charge in [-0.2, -0.15) is 0 Å². The van der Waals surface area contributed by atoms with Crippen molar-refractivity contribution in [2.75, 3.05) is 25.5 Å². The first-order valence-corrected chi connectivity index (χ1v) is 21.9. The van der Waals surface area contributed by atoms with Crippen LogP contribution in [0.4, 0.5) is 15.3 Å². The van der Waals surface area contributed by atoms with E-state index in [1.807, 2.05) is 41.5 Å². The molecule has 0 bridgehead atoms. The smallest absolute Gasteiger partial charge is 0.410 e. The lowest BCUT2D eigenvalue weighted by molar-refractivity contribution is -0.132.